The molecule has 23 heavy (non-hydrogen) atoms. The fraction of sp³-hybridized carbons (Fsp3) is 0.476. The van der Waals surface area contributed by atoms with E-state index in [4.69, 9.17) is 0 Å². The number of hydrogen-bond donors (Lipinski definition) is 0. The summed E-state index contributed by atoms with van der Waals surface area (Å²) in [6.07, 6.45) is 15.6. The summed E-state index contributed by atoms with van der Waals surface area (Å²) in [5.74, 6) is -0.324. The first kappa shape index (κ1) is 19.2. The van der Waals surface area contributed by atoms with E-state index < -0.39 is 0 Å². The van der Waals surface area contributed by atoms with Gasteiger partial charge in [0.25, 0.3) is 0 Å². The number of allylic oxidation sites excluding steroid dienone is 9. The van der Waals surface area contributed by atoms with Gasteiger partial charge in [0, 0.05) is 6.08 Å². The van der Waals surface area contributed by atoms with Crippen molar-refractivity contribution >= 4 is 5.97 Å². The highest BCUT2D eigenvalue weighted by Gasteiger charge is 2.26. The van der Waals surface area contributed by atoms with E-state index in [1.807, 2.05) is 19.1 Å². The van der Waals surface area contributed by atoms with Crippen LogP contribution in [0.1, 0.15) is 53.9 Å². The maximum absolute atomic E-state index is 11.1. The zero-order valence-electron chi connectivity index (χ0n) is 15.4. The van der Waals surface area contributed by atoms with Crippen LogP contribution in [0.2, 0.25) is 0 Å². The second-order valence-electron chi connectivity index (χ2n) is 6.95. The lowest BCUT2D eigenvalue weighted by molar-refractivity contribution is -0.134. The van der Waals surface area contributed by atoms with Gasteiger partial charge in [0.05, 0.1) is 7.11 Å². The summed E-state index contributed by atoms with van der Waals surface area (Å²) in [5.41, 5.74) is 5.32. The average molecular weight is 314 g/mol. The lowest BCUT2D eigenvalue weighted by Gasteiger charge is -2.32. The molecule has 2 heteroatoms. The third-order valence-corrected chi connectivity index (χ3v) is 4.32. The van der Waals surface area contributed by atoms with Crippen LogP contribution in [0.15, 0.2) is 58.7 Å². The van der Waals surface area contributed by atoms with Crippen molar-refractivity contribution in [2.24, 2.45) is 5.41 Å². The van der Waals surface area contributed by atoms with Crippen LogP contribution in [-0.4, -0.2) is 13.1 Å². The molecule has 0 saturated carbocycles. The van der Waals surface area contributed by atoms with Crippen molar-refractivity contribution in [1.29, 1.82) is 0 Å². The molecule has 0 atom stereocenters. The lowest BCUT2D eigenvalue weighted by atomic mass is 9.72. The Kier molecular flexibility index (Phi) is 7.28. The Morgan fingerprint density at radius 3 is 2.48 bits per heavy atom. The summed E-state index contributed by atoms with van der Waals surface area (Å²) in [5, 5.41) is 0. The highest BCUT2D eigenvalue weighted by Crippen LogP contribution is 2.40. The van der Waals surface area contributed by atoms with Crippen molar-refractivity contribution in [1.82, 2.24) is 0 Å². The summed E-state index contributed by atoms with van der Waals surface area (Å²) in [4.78, 5) is 11.1. The summed E-state index contributed by atoms with van der Waals surface area (Å²) >= 11 is 0. The first-order chi connectivity index (χ1) is 10.8. The molecular weight excluding hydrogens is 284 g/mol. The van der Waals surface area contributed by atoms with E-state index in [9.17, 15) is 4.79 Å². The molecular formula is C21H30O2. The minimum absolute atomic E-state index is 0.273. The van der Waals surface area contributed by atoms with E-state index in [1.165, 1.54) is 49.2 Å². The normalized spacial score (nSPS) is 19.7. The maximum Gasteiger partial charge on any atom is 0.330 e. The highest BCUT2D eigenvalue weighted by molar-refractivity contribution is 5.83. The molecule has 1 aliphatic carbocycles. The Labute approximate surface area is 141 Å². The van der Waals surface area contributed by atoms with Gasteiger partial charge in [-0.15, -0.1) is 0 Å². The molecule has 0 amide bonds. The predicted octanol–water partition coefficient (Wildman–Crippen LogP) is 5.69. The van der Waals surface area contributed by atoms with Crippen LogP contribution in [0, 0.1) is 5.41 Å². The number of carbonyl (C=O) groups excluding carboxylic acids is 1. The van der Waals surface area contributed by atoms with Gasteiger partial charge < -0.3 is 4.74 Å². The van der Waals surface area contributed by atoms with Crippen LogP contribution < -0.4 is 0 Å². The van der Waals surface area contributed by atoms with Gasteiger partial charge in [-0.05, 0) is 56.6 Å². The molecule has 1 rings (SSSR count). The minimum Gasteiger partial charge on any atom is -0.466 e. The molecule has 0 fully saturated rings. The topological polar surface area (TPSA) is 26.3 Å². The van der Waals surface area contributed by atoms with E-state index in [0.29, 0.717) is 0 Å². The van der Waals surface area contributed by atoms with Gasteiger partial charge in [-0.2, -0.15) is 0 Å². The van der Waals surface area contributed by atoms with E-state index in [0.717, 1.165) is 5.57 Å². The fourth-order valence-electron chi connectivity index (χ4n) is 2.93. The molecule has 0 spiro atoms. The van der Waals surface area contributed by atoms with Crippen LogP contribution in [0.3, 0.4) is 0 Å². The van der Waals surface area contributed by atoms with Gasteiger partial charge in [0.2, 0.25) is 0 Å². The van der Waals surface area contributed by atoms with E-state index in [-0.39, 0.29) is 11.4 Å². The molecule has 126 valence electrons. The smallest absolute Gasteiger partial charge is 0.330 e. The fourth-order valence-corrected chi connectivity index (χ4v) is 2.93. The number of ether oxygens (including phenoxy) is 1. The van der Waals surface area contributed by atoms with E-state index in [1.54, 1.807) is 0 Å². The SMILES string of the molecule is COC(=O)\C=C(C)/C=C/C=C(C)\C=C/C1=C(C)CCCC1(C)C. The zero-order chi connectivity index (χ0) is 17.5. The van der Waals surface area contributed by atoms with Crippen LogP contribution in [-0.2, 0) is 9.53 Å². The third kappa shape index (κ3) is 6.43. The maximum atomic E-state index is 11.1. The molecule has 0 bridgehead atoms. The van der Waals surface area contributed by atoms with Crippen LogP contribution in [0.25, 0.3) is 0 Å². The minimum atomic E-state index is -0.324. The molecule has 2 nitrogen and oxygen atoms in total. The number of hydrogen-bond acceptors (Lipinski definition) is 2. The van der Waals surface area contributed by atoms with Crippen molar-refractivity contribution in [3.63, 3.8) is 0 Å². The van der Waals surface area contributed by atoms with E-state index >= 15 is 0 Å². The molecule has 0 saturated heterocycles. The van der Waals surface area contributed by atoms with E-state index in [2.05, 4.69) is 50.7 Å². The summed E-state index contributed by atoms with van der Waals surface area (Å²) in [7, 11) is 1.38. The van der Waals surface area contributed by atoms with Crippen molar-refractivity contribution in [2.75, 3.05) is 7.11 Å². The molecule has 0 unspecified atom stereocenters. The first-order valence-corrected chi connectivity index (χ1v) is 8.26. The second-order valence-corrected chi connectivity index (χ2v) is 6.95. The van der Waals surface area contributed by atoms with Gasteiger partial charge >= 0.3 is 5.97 Å². The molecule has 0 aliphatic heterocycles. The standard InChI is InChI=1S/C21H30O2/c1-16(9-7-10-17(2)15-20(22)23-6)12-13-19-18(3)11-8-14-21(19,4)5/h7,9-10,12-13,15H,8,11,14H2,1-6H3/b10-7+,13-12-,16-9-,17-15-. The van der Waals surface area contributed by atoms with Gasteiger partial charge in [0.15, 0.2) is 0 Å². The Morgan fingerprint density at radius 1 is 1.17 bits per heavy atom. The molecule has 1 aliphatic rings. The van der Waals surface area contributed by atoms with Crippen molar-refractivity contribution in [3.05, 3.63) is 58.7 Å². The van der Waals surface area contributed by atoms with Crippen molar-refractivity contribution < 1.29 is 9.53 Å². The van der Waals surface area contributed by atoms with Gasteiger partial charge in [-0.1, -0.05) is 55.4 Å². The Balaban J connectivity index is 2.77. The second kappa shape index (κ2) is 8.71. The monoisotopic (exact) mass is 314 g/mol. The average Bonchev–Trinajstić information content (AvgIpc) is 2.45. The van der Waals surface area contributed by atoms with Gasteiger partial charge in [-0.3, -0.25) is 0 Å². The quantitative estimate of drug-likeness (QED) is 0.370. The highest BCUT2D eigenvalue weighted by atomic mass is 16.5. The van der Waals surface area contributed by atoms with Crippen molar-refractivity contribution in [2.45, 2.75) is 53.9 Å². The Hall–Kier alpha value is -1.83. The number of rotatable bonds is 5. The zero-order valence-corrected chi connectivity index (χ0v) is 15.4. The number of esters is 1. The number of carbonyl (C=O) groups is 1. The molecule has 0 aromatic carbocycles. The molecule has 0 radical (unpaired) electrons. The molecule has 0 heterocycles. The molecule has 0 aromatic heterocycles. The van der Waals surface area contributed by atoms with Crippen LogP contribution in [0.4, 0.5) is 0 Å². The van der Waals surface area contributed by atoms with Gasteiger partial charge in [-0.25, -0.2) is 4.79 Å². The molecule has 0 N–H and O–H groups in total. The summed E-state index contributed by atoms with van der Waals surface area (Å²) in [6.45, 7) is 10.9. The Morgan fingerprint density at radius 2 is 1.87 bits per heavy atom. The van der Waals surface area contributed by atoms with Crippen LogP contribution in [0.5, 0.6) is 0 Å². The first-order valence-electron chi connectivity index (χ1n) is 8.26. The molecule has 0 aromatic rings. The third-order valence-electron chi connectivity index (χ3n) is 4.32. The lowest BCUT2D eigenvalue weighted by Crippen LogP contribution is -2.19. The summed E-state index contributed by atoms with van der Waals surface area (Å²) < 4.78 is 4.60. The van der Waals surface area contributed by atoms with Crippen molar-refractivity contribution in [3.8, 4) is 0 Å². The Bertz CT molecular complexity index is 581. The largest absolute Gasteiger partial charge is 0.466 e. The predicted molar refractivity (Wildman–Crippen MR) is 98.1 cm³/mol. The van der Waals surface area contributed by atoms with Gasteiger partial charge in [0.1, 0.15) is 0 Å². The number of methoxy groups -OCH3 is 1. The van der Waals surface area contributed by atoms with Crippen LogP contribution >= 0.6 is 0 Å². The summed E-state index contributed by atoms with van der Waals surface area (Å²) in [6, 6.07) is 0.